The molecule has 0 aliphatic rings. The van der Waals surface area contributed by atoms with Crippen LogP contribution >= 0.6 is 34.8 Å². The third kappa shape index (κ3) is 4.30. The van der Waals surface area contributed by atoms with Crippen molar-refractivity contribution in [2.45, 2.75) is 0 Å². The van der Waals surface area contributed by atoms with E-state index in [0.29, 0.717) is 26.5 Å². The molecular formula is C14H10Cl3NO2. The first-order valence-corrected chi connectivity index (χ1v) is 6.81. The van der Waals surface area contributed by atoms with Gasteiger partial charge in [0.25, 0.3) is 5.91 Å². The molecule has 0 heterocycles. The molecule has 104 valence electrons. The second-order valence-electron chi connectivity index (χ2n) is 3.92. The third-order valence-electron chi connectivity index (χ3n) is 2.37. The highest BCUT2D eigenvalue weighted by Crippen LogP contribution is 2.25. The van der Waals surface area contributed by atoms with Crippen LogP contribution in [0.2, 0.25) is 15.1 Å². The Bertz CT molecular complexity index is 632. The summed E-state index contributed by atoms with van der Waals surface area (Å²) in [5.41, 5.74) is 0.482. The molecule has 20 heavy (non-hydrogen) atoms. The third-order valence-corrected chi connectivity index (χ3v) is 3.15. The lowest BCUT2D eigenvalue weighted by Gasteiger charge is -2.09. The molecule has 1 amide bonds. The maximum atomic E-state index is 11.7. The van der Waals surface area contributed by atoms with Crippen molar-refractivity contribution < 1.29 is 9.53 Å². The quantitative estimate of drug-likeness (QED) is 0.885. The number of benzene rings is 2. The van der Waals surface area contributed by atoms with Crippen LogP contribution in [0.1, 0.15) is 0 Å². The van der Waals surface area contributed by atoms with Gasteiger partial charge in [0.15, 0.2) is 6.61 Å². The highest BCUT2D eigenvalue weighted by atomic mass is 35.5. The standard InChI is InChI=1S/C14H10Cl3NO2/c15-9-2-1-3-11(6-9)20-8-14(19)18-13-5-4-10(16)7-12(13)17/h1-7H,8H2,(H,18,19). The summed E-state index contributed by atoms with van der Waals surface area (Å²) in [5.74, 6) is 0.198. The van der Waals surface area contributed by atoms with Crippen molar-refractivity contribution in [3.63, 3.8) is 0 Å². The molecule has 3 nitrogen and oxygen atoms in total. The SMILES string of the molecule is O=C(COc1cccc(Cl)c1)Nc1ccc(Cl)cc1Cl. The molecule has 0 aliphatic carbocycles. The molecule has 2 rings (SSSR count). The maximum Gasteiger partial charge on any atom is 0.262 e. The summed E-state index contributed by atoms with van der Waals surface area (Å²) in [7, 11) is 0. The Kier molecular flexibility index (Phi) is 5.12. The number of carbonyl (C=O) groups is 1. The highest BCUT2D eigenvalue weighted by molar-refractivity contribution is 6.36. The number of carbonyl (C=O) groups excluding carboxylic acids is 1. The minimum Gasteiger partial charge on any atom is -0.484 e. The monoisotopic (exact) mass is 329 g/mol. The summed E-state index contributed by atoms with van der Waals surface area (Å²) < 4.78 is 5.32. The van der Waals surface area contributed by atoms with Crippen molar-refractivity contribution in [3.05, 3.63) is 57.5 Å². The Morgan fingerprint density at radius 2 is 1.80 bits per heavy atom. The van der Waals surface area contributed by atoms with Crippen molar-refractivity contribution in [3.8, 4) is 5.75 Å². The predicted molar refractivity (Wildman–Crippen MR) is 82.0 cm³/mol. The number of rotatable bonds is 4. The van der Waals surface area contributed by atoms with Crippen LogP contribution in [0.5, 0.6) is 5.75 Å². The van der Waals surface area contributed by atoms with E-state index >= 15 is 0 Å². The maximum absolute atomic E-state index is 11.7. The molecule has 1 N–H and O–H groups in total. The molecule has 0 atom stereocenters. The van der Waals surface area contributed by atoms with Gasteiger partial charge in [0.2, 0.25) is 0 Å². The van der Waals surface area contributed by atoms with E-state index in [1.807, 2.05) is 0 Å². The zero-order valence-electron chi connectivity index (χ0n) is 10.2. The van der Waals surface area contributed by atoms with Crippen molar-refractivity contribution in [2.75, 3.05) is 11.9 Å². The number of anilines is 1. The molecule has 2 aromatic rings. The first-order valence-electron chi connectivity index (χ1n) is 5.68. The summed E-state index contributed by atoms with van der Waals surface area (Å²) in [4.78, 5) is 11.7. The predicted octanol–water partition coefficient (Wildman–Crippen LogP) is 4.66. The van der Waals surface area contributed by atoms with Gasteiger partial charge in [-0.15, -0.1) is 0 Å². The van der Waals surface area contributed by atoms with Crippen LogP contribution in [0, 0.1) is 0 Å². The van der Waals surface area contributed by atoms with Gasteiger partial charge >= 0.3 is 0 Å². The van der Waals surface area contributed by atoms with E-state index in [-0.39, 0.29) is 12.5 Å². The molecule has 0 spiro atoms. The molecule has 0 radical (unpaired) electrons. The summed E-state index contributed by atoms with van der Waals surface area (Å²) >= 11 is 17.5. The average Bonchev–Trinajstić information content (AvgIpc) is 2.40. The number of halogens is 3. The normalized spacial score (nSPS) is 10.2. The van der Waals surface area contributed by atoms with Gasteiger partial charge in [0, 0.05) is 10.0 Å². The molecule has 0 fully saturated rings. The Labute approximate surface area is 131 Å². The van der Waals surface area contributed by atoms with Gasteiger partial charge in [0.05, 0.1) is 10.7 Å². The molecule has 0 aliphatic heterocycles. The second-order valence-corrected chi connectivity index (χ2v) is 5.20. The molecule has 2 aromatic carbocycles. The van der Waals surface area contributed by atoms with Crippen molar-refractivity contribution >= 4 is 46.4 Å². The van der Waals surface area contributed by atoms with Gasteiger partial charge < -0.3 is 10.1 Å². The summed E-state index contributed by atoms with van der Waals surface area (Å²) in [5, 5.41) is 4.05. The van der Waals surface area contributed by atoms with Crippen molar-refractivity contribution in [1.82, 2.24) is 0 Å². The fraction of sp³-hybridized carbons (Fsp3) is 0.0714. The van der Waals surface area contributed by atoms with E-state index in [9.17, 15) is 4.79 Å². The van der Waals surface area contributed by atoms with Crippen molar-refractivity contribution in [2.24, 2.45) is 0 Å². The smallest absolute Gasteiger partial charge is 0.262 e. The summed E-state index contributed by atoms with van der Waals surface area (Å²) in [6.45, 7) is -0.140. The lowest BCUT2D eigenvalue weighted by Crippen LogP contribution is -2.20. The van der Waals surface area contributed by atoms with E-state index in [1.54, 1.807) is 42.5 Å². The average molecular weight is 331 g/mol. The van der Waals surface area contributed by atoms with Crippen LogP contribution in [0.15, 0.2) is 42.5 Å². The summed E-state index contributed by atoms with van der Waals surface area (Å²) in [6, 6.07) is 11.6. The minimum absolute atomic E-state index is 0.140. The van der Waals surface area contributed by atoms with Gasteiger partial charge in [-0.2, -0.15) is 0 Å². The van der Waals surface area contributed by atoms with E-state index in [0.717, 1.165) is 0 Å². The lowest BCUT2D eigenvalue weighted by molar-refractivity contribution is -0.118. The van der Waals surface area contributed by atoms with E-state index < -0.39 is 0 Å². The van der Waals surface area contributed by atoms with Crippen LogP contribution in [0.4, 0.5) is 5.69 Å². The molecule has 0 saturated heterocycles. The van der Waals surface area contributed by atoms with E-state index in [1.165, 1.54) is 0 Å². The first-order chi connectivity index (χ1) is 9.54. The largest absolute Gasteiger partial charge is 0.484 e. The first kappa shape index (κ1) is 15.0. The Hall–Kier alpha value is -1.42. The van der Waals surface area contributed by atoms with Crippen LogP contribution in [-0.2, 0) is 4.79 Å². The number of ether oxygens (including phenoxy) is 1. The number of hydrogen-bond acceptors (Lipinski definition) is 2. The number of nitrogens with one attached hydrogen (secondary N) is 1. The van der Waals surface area contributed by atoms with Gasteiger partial charge in [-0.3, -0.25) is 4.79 Å². The second kappa shape index (κ2) is 6.84. The molecule has 6 heteroatoms. The van der Waals surface area contributed by atoms with Crippen LogP contribution in [0.3, 0.4) is 0 Å². The fourth-order valence-corrected chi connectivity index (χ4v) is 2.12. The van der Waals surface area contributed by atoms with Crippen LogP contribution in [-0.4, -0.2) is 12.5 Å². The fourth-order valence-electron chi connectivity index (χ4n) is 1.48. The van der Waals surface area contributed by atoms with Gasteiger partial charge in [-0.1, -0.05) is 40.9 Å². The molecule has 0 bridgehead atoms. The Morgan fingerprint density at radius 1 is 1.05 bits per heavy atom. The lowest BCUT2D eigenvalue weighted by atomic mass is 10.3. The van der Waals surface area contributed by atoms with Crippen LogP contribution < -0.4 is 10.1 Å². The molecule has 0 unspecified atom stereocenters. The molecular weight excluding hydrogens is 321 g/mol. The topological polar surface area (TPSA) is 38.3 Å². The van der Waals surface area contributed by atoms with Gasteiger partial charge in [-0.05, 0) is 36.4 Å². The Morgan fingerprint density at radius 3 is 2.50 bits per heavy atom. The molecule has 0 aromatic heterocycles. The zero-order chi connectivity index (χ0) is 14.5. The summed E-state index contributed by atoms with van der Waals surface area (Å²) in [6.07, 6.45) is 0. The highest BCUT2D eigenvalue weighted by Gasteiger charge is 2.07. The number of hydrogen-bond donors (Lipinski definition) is 1. The van der Waals surface area contributed by atoms with Crippen molar-refractivity contribution in [1.29, 1.82) is 0 Å². The van der Waals surface area contributed by atoms with E-state index in [4.69, 9.17) is 39.5 Å². The van der Waals surface area contributed by atoms with Gasteiger partial charge in [0.1, 0.15) is 5.75 Å². The molecule has 0 saturated carbocycles. The number of amides is 1. The minimum atomic E-state index is -0.325. The van der Waals surface area contributed by atoms with Crippen LogP contribution in [0.25, 0.3) is 0 Å². The van der Waals surface area contributed by atoms with Gasteiger partial charge in [-0.25, -0.2) is 0 Å². The van der Waals surface area contributed by atoms with E-state index in [2.05, 4.69) is 5.32 Å². The Balaban J connectivity index is 1.92. The zero-order valence-corrected chi connectivity index (χ0v) is 12.5.